The molecule has 0 bridgehead atoms. The number of benzene rings is 2. The summed E-state index contributed by atoms with van der Waals surface area (Å²) in [4.78, 5) is 11.0. The second-order valence-electron chi connectivity index (χ2n) is 4.84. The summed E-state index contributed by atoms with van der Waals surface area (Å²) in [7, 11) is -3.92. The number of carboxylic acids is 1. The van der Waals surface area contributed by atoms with Gasteiger partial charge < -0.3 is 14.2 Å². The first-order chi connectivity index (χ1) is 10.9. The Balaban J connectivity index is 2.45. The number of aromatic carboxylic acids is 1. The maximum absolute atomic E-state index is 14.7. The van der Waals surface area contributed by atoms with Crippen LogP contribution in [0.15, 0.2) is 36.4 Å². The summed E-state index contributed by atoms with van der Waals surface area (Å²) in [5, 5.41) is 10.3. The molecule has 0 saturated carbocycles. The summed E-state index contributed by atoms with van der Waals surface area (Å²) < 4.78 is 37.3. The Hall–Kier alpha value is -1.75. The zero-order valence-corrected chi connectivity index (χ0v) is 13.8. The average Bonchev–Trinajstić information content (AvgIpc) is 2.53. The summed E-state index contributed by atoms with van der Waals surface area (Å²) in [6.45, 7) is 3.35. The molecule has 0 saturated heterocycles. The largest absolute Gasteiger partial charge is 0.478 e. The van der Waals surface area contributed by atoms with Gasteiger partial charge in [-0.1, -0.05) is 18.2 Å². The van der Waals surface area contributed by atoms with Gasteiger partial charge in [0.05, 0.1) is 18.8 Å². The third kappa shape index (κ3) is 3.78. The van der Waals surface area contributed by atoms with Crippen molar-refractivity contribution in [2.24, 2.45) is 0 Å². The highest BCUT2D eigenvalue weighted by molar-refractivity contribution is 7.54. The Morgan fingerprint density at radius 1 is 1.13 bits per heavy atom. The van der Waals surface area contributed by atoms with Crippen molar-refractivity contribution in [1.82, 2.24) is 0 Å². The normalized spacial score (nSPS) is 13.2. The molecule has 0 unspecified atom stereocenters. The Kier molecular flexibility index (Phi) is 5.52. The van der Waals surface area contributed by atoms with Crippen molar-refractivity contribution in [3.05, 3.63) is 47.5 Å². The lowest BCUT2D eigenvalue weighted by Crippen LogP contribution is -2.03. The molecule has 1 atom stereocenters. The number of halogens is 1. The summed E-state index contributed by atoms with van der Waals surface area (Å²) in [5.41, 5.74) is 0.230. The zero-order chi connectivity index (χ0) is 17.0. The lowest BCUT2D eigenvalue weighted by Gasteiger charge is -2.21. The van der Waals surface area contributed by atoms with Crippen LogP contribution in [0.5, 0.6) is 0 Å². The number of rotatable bonds is 7. The molecule has 0 heterocycles. The average molecular weight is 340 g/mol. The van der Waals surface area contributed by atoms with Gasteiger partial charge in [0.2, 0.25) is 5.91 Å². The summed E-state index contributed by atoms with van der Waals surface area (Å²) >= 11 is 0. The molecule has 2 aromatic rings. The van der Waals surface area contributed by atoms with Gasteiger partial charge in [0.25, 0.3) is 0 Å². The van der Waals surface area contributed by atoms with E-state index < -0.39 is 19.5 Å². The fourth-order valence-electron chi connectivity index (χ4n) is 2.26. The molecule has 5 nitrogen and oxygen atoms in total. The molecule has 0 aliphatic rings. The summed E-state index contributed by atoms with van der Waals surface area (Å²) in [6, 6.07) is 9.17. The Labute approximate surface area is 133 Å². The minimum atomic E-state index is -3.92. The lowest BCUT2D eigenvalue weighted by atomic mass is 10.0. The molecule has 7 heteroatoms. The van der Waals surface area contributed by atoms with Crippen LogP contribution >= 0.6 is 7.60 Å². The van der Waals surface area contributed by atoms with Crippen LogP contribution in [0.4, 0.5) is 4.39 Å². The molecule has 2 aromatic carbocycles. The monoisotopic (exact) mass is 340 g/mol. The van der Waals surface area contributed by atoms with Gasteiger partial charge in [-0.25, -0.2) is 9.18 Å². The van der Waals surface area contributed by atoms with Gasteiger partial charge in [-0.15, -0.1) is 0 Å². The lowest BCUT2D eigenvalue weighted by molar-refractivity contribution is 0.0697. The first-order valence-electron chi connectivity index (χ1n) is 7.21. The Morgan fingerprint density at radius 3 is 2.30 bits per heavy atom. The highest BCUT2D eigenvalue weighted by Crippen LogP contribution is 2.61. The van der Waals surface area contributed by atoms with E-state index in [2.05, 4.69) is 0 Å². The van der Waals surface area contributed by atoms with Crippen molar-refractivity contribution in [2.75, 3.05) is 13.2 Å². The molecule has 0 aliphatic heterocycles. The van der Waals surface area contributed by atoms with E-state index in [9.17, 15) is 13.8 Å². The minimum absolute atomic E-state index is 0.0639. The van der Waals surface area contributed by atoms with Crippen molar-refractivity contribution in [2.45, 2.75) is 19.8 Å². The Bertz CT molecular complexity index is 751. The van der Waals surface area contributed by atoms with Crippen molar-refractivity contribution in [3.8, 4) is 0 Å². The summed E-state index contributed by atoms with van der Waals surface area (Å²) in [6.07, 6.45) is 0. The highest BCUT2D eigenvalue weighted by atomic mass is 31.2. The third-order valence-corrected chi connectivity index (χ3v) is 5.37. The van der Waals surface area contributed by atoms with Gasteiger partial charge in [0, 0.05) is 0 Å². The predicted molar refractivity (Wildman–Crippen MR) is 85.6 cm³/mol. The molecule has 0 aliphatic carbocycles. The van der Waals surface area contributed by atoms with Gasteiger partial charge in [-0.3, -0.25) is 4.57 Å². The van der Waals surface area contributed by atoms with E-state index in [1.165, 1.54) is 24.3 Å². The number of carboxylic acid groups (broad SMARTS) is 1. The zero-order valence-electron chi connectivity index (χ0n) is 12.9. The maximum atomic E-state index is 14.7. The smallest absolute Gasteiger partial charge is 0.369 e. The SMILES string of the molecule is CCOP(=O)(OCC)[C@H](F)c1ccc2ccc(C(=O)O)cc2c1. The molecule has 23 heavy (non-hydrogen) atoms. The van der Waals surface area contributed by atoms with Crippen LogP contribution in [0, 0.1) is 0 Å². The fraction of sp³-hybridized carbons (Fsp3) is 0.312. The van der Waals surface area contributed by atoms with Crippen LogP contribution < -0.4 is 0 Å². The van der Waals surface area contributed by atoms with Gasteiger partial charge >= 0.3 is 13.6 Å². The van der Waals surface area contributed by atoms with Crippen LogP contribution in [0.25, 0.3) is 10.8 Å². The van der Waals surface area contributed by atoms with Crippen LogP contribution in [0.3, 0.4) is 0 Å². The van der Waals surface area contributed by atoms with Crippen molar-refractivity contribution in [1.29, 1.82) is 0 Å². The molecular weight excluding hydrogens is 322 g/mol. The molecule has 124 valence electrons. The molecular formula is C16H18FO5P. The Morgan fingerprint density at radius 2 is 1.74 bits per heavy atom. The molecule has 0 spiro atoms. The van der Waals surface area contributed by atoms with Crippen LogP contribution in [0.1, 0.15) is 35.7 Å². The van der Waals surface area contributed by atoms with Gasteiger partial charge in [-0.2, -0.15) is 0 Å². The molecule has 0 fully saturated rings. The van der Waals surface area contributed by atoms with E-state index in [1.807, 2.05) is 0 Å². The number of alkyl halides is 1. The van der Waals surface area contributed by atoms with Crippen molar-refractivity contribution >= 4 is 24.3 Å². The topological polar surface area (TPSA) is 72.8 Å². The van der Waals surface area contributed by atoms with E-state index >= 15 is 0 Å². The van der Waals surface area contributed by atoms with Crippen LogP contribution in [-0.2, 0) is 13.6 Å². The van der Waals surface area contributed by atoms with Crippen molar-refractivity contribution < 1.29 is 27.9 Å². The standard InChI is InChI=1S/C16H18FO5P/c1-3-21-23(20,22-4-2)15(17)12-7-5-11-6-8-13(16(18)19)10-14(11)9-12/h5-10,15H,3-4H2,1-2H3,(H,18,19)/t15-/m0/s1. The molecule has 1 N–H and O–H groups in total. The number of carbonyl (C=O) groups is 1. The van der Waals surface area contributed by atoms with Gasteiger partial charge in [0.1, 0.15) is 0 Å². The van der Waals surface area contributed by atoms with E-state index in [-0.39, 0.29) is 24.3 Å². The maximum Gasteiger partial charge on any atom is 0.369 e. The van der Waals surface area contributed by atoms with E-state index in [1.54, 1.807) is 26.0 Å². The fourth-order valence-corrected chi connectivity index (χ4v) is 3.84. The van der Waals surface area contributed by atoms with Crippen molar-refractivity contribution in [3.63, 3.8) is 0 Å². The molecule has 2 rings (SSSR count). The van der Waals surface area contributed by atoms with E-state index in [0.717, 1.165) is 5.39 Å². The molecule has 0 aromatic heterocycles. The van der Waals surface area contributed by atoms with Gasteiger partial charge in [-0.05, 0) is 48.4 Å². The minimum Gasteiger partial charge on any atom is -0.478 e. The first-order valence-corrected chi connectivity index (χ1v) is 8.82. The first kappa shape index (κ1) is 17.6. The number of fused-ring (bicyclic) bond motifs is 1. The quantitative estimate of drug-likeness (QED) is 0.735. The third-order valence-electron chi connectivity index (χ3n) is 3.28. The second-order valence-corrected chi connectivity index (χ2v) is 6.89. The predicted octanol–water partition coefficient (Wildman–Crippen LogP) is 4.77. The second kappa shape index (κ2) is 7.21. The summed E-state index contributed by atoms with van der Waals surface area (Å²) in [5.74, 6) is -3.00. The molecule has 0 radical (unpaired) electrons. The number of hydrogen-bond acceptors (Lipinski definition) is 4. The van der Waals surface area contributed by atoms with E-state index in [4.69, 9.17) is 14.2 Å². The van der Waals surface area contributed by atoms with Crippen LogP contribution in [0.2, 0.25) is 0 Å². The molecule has 0 amide bonds. The highest BCUT2D eigenvalue weighted by Gasteiger charge is 2.37. The van der Waals surface area contributed by atoms with E-state index in [0.29, 0.717) is 5.39 Å². The van der Waals surface area contributed by atoms with Crippen LogP contribution in [-0.4, -0.2) is 24.3 Å². The number of hydrogen-bond donors (Lipinski definition) is 1. The van der Waals surface area contributed by atoms with Gasteiger partial charge in [0.15, 0.2) is 0 Å².